The van der Waals surface area contributed by atoms with Crippen molar-refractivity contribution in [3.05, 3.63) is 30.0 Å². The van der Waals surface area contributed by atoms with E-state index in [0.717, 1.165) is 22.7 Å². The van der Waals surface area contributed by atoms with Gasteiger partial charge >= 0.3 is 0 Å². The Labute approximate surface area is 87.3 Å². The van der Waals surface area contributed by atoms with Crippen LogP contribution < -0.4 is 10.5 Å². The lowest BCUT2D eigenvalue weighted by atomic mass is 10.1. The van der Waals surface area contributed by atoms with Crippen LogP contribution in [0, 0.1) is 0 Å². The van der Waals surface area contributed by atoms with Gasteiger partial charge in [-0.2, -0.15) is 15.4 Å². The maximum Gasteiger partial charge on any atom is 0.118 e. The fourth-order valence-corrected chi connectivity index (χ4v) is 1.38. The molecule has 0 saturated carbocycles. The van der Waals surface area contributed by atoms with Crippen LogP contribution in [0.5, 0.6) is 5.75 Å². The number of ether oxygens (including phenoxy) is 1. The number of nitrogens with one attached hydrogen (secondary N) is 1. The molecule has 0 amide bonds. The Morgan fingerprint density at radius 1 is 1.27 bits per heavy atom. The fourth-order valence-electron chi connectivity index (χ4n) is 1.38. The summed E-state index contributed by atoms with van der Waals surface area (Å²) in [5.41, 5.74) is 8.07. The first-order valence-electron chi connectivity index (χ1n) is 4.59. The van der Waals surface area contributed by atoms with E-state index in [2.05, 4.69) is 15.4 Å². The maximum atomic E-state index is 5.54. The van der Waals surface area contributed by atoms with Crippen molar-refractivity contribution in [2.45, 2.75) is 6.54 Å². The number of aromatic nitrogens is 3. The summed E-state index contributed by atoms with van der Waals surface area (Å²) >= 11 is 0. The molecule has 2 rings (SSSR count). The quantitative estimate of drug-likeness (QED) is 0.780. The van der Waals surface area contributed by atoms with E-state index in [4.69, 9.17) is 10.5 Å². The standard InChI is InChI=1S/C10H12N4O/c1-15-8-4-2-7(3-5-8)10-9(6-11)12-14-13-10/h2-5H,6,11H2,1H3,(H,12,13,14). The molecule has 1 aromatic heterocycles. The van der Waals surface area contributed by atoms with Crippen molar-refractivity contribution in [2.75, 3.05) is 7.11 Å². The number of rotatable bonds is 3. The highest BCUT2D eigenvalue weighted by atomic mass is 16.5. The molecule has 0 radical (unpaired) electrons. The van der Waals surface area contributed by atoms with Crippen molar-refractivity contribution in [3.8, 4) is 17.0 Å². The molecule has 0 bridgehead atoms. The molecule has 5 nitrogen and oxygen atoms in total. The Morgan fingerprint density at radius 2 is 2.00 bits per heavy atom. The van der Waals surface area contributed by atoms with Crippen molar-refractivity contribution in [3.63, 3.8) is 0 Å². The molecular formula is C10H12N4O. The van der Waals surface area contributed by atoms with Gasteiger partial charge in [0.1, 0.15) is 17.1 Å². The van der Waals surface area contributed by atoms with Crippen molar-refractivity contribution >= 4 is 0 Å². The number of benzene rings is 1. The SMILES string of the molecule is COc1ccc(-c2n[nH]nc2CN)cc1. The van der Waals surface area contributed by atoms with E-state index in [0.29, 0.717) is 6.54 Å². The molecule has 0 fully saturated rings. The molecule has 0 aliphatic carbocycles. The molecule has 1 aromatic carbocycles. The Balaban J connectivity index is 2.37. The number of nitrogens with zero attached hydrogens (tertiary/aromatic N) is 2. The number of aromatic amines is 1. The lowest BCUT2D eigenvalue weighted by molar-refractivity contribution is 0.415. The molecule has 3 N–H and O–H groups in total. The van der Waals surface area contributed by atoms with Crippen LogP contribution >= 0.6 is 0 Å². The molecule has 15 heavy (non-hydrogen) atoms. The van der Waals surface area contributed by atoms with E-state index in [1.54, 1.807) is 7.11 Å². The number of hydrogen-bond acceptors (Lipinski definition) is 4. The summed E-state index contributed by atoms with van der Waals surface area (Å²) in [6, 6.07) is 7.61. The summed E-state index contributed by atoms with van der Waals surface area (Å²) in [6.45, 7) is 0.373. The molecule has 0 spiro atoms. The van der Waals surface area contributed by atoms with E-state index in [1.807, 2.05) is 24.3 Å². The van der Waals surface area contributed by atoms with Crippen molar-refractivity contribution in [1.29, 1.82) is 0 Å². The second kappa shape index (κ2) is 4.10. The lowest BCUT2D eigenvalue weighted by Gasteiger charge is -2.01. The normalized spacial score (nSPS) is 10.3. The zero-order valence-electron chi connectivity index (χ0n) is 8.40. The molecule has 1 heterocycles. The van der Waals surface area contributed by atoms with Gasteiger partial charge in [-0.3, -0.25) is 0 Å². The third-order valence-electron chi connectivity index (χ3n) is 2.18. The summed E-state index contributed by atoms with van der Waals surface area (Å²) in [6.07, 6.45) is 0. The number of hydrogen-bond donors (Lipinski definition) is 2. The van der Waals surface area contributed by atoms with Gasteiger partial charge in [-0.05, 0) is 24.3 Å². The predicted octanol–water partition coefficient (Wildman–Crippen LogP) is 0.939. The topological polar surface area (TPSA) is 76.8 Å². The molecule has 0 atom stereocenters. The minimum Gasteiger partial charge on any atom is -0.497 e. The first-order chi connectivity index (χ1) is 7.35. The molecule has 5 heteroatoms. The fraction of sp³-hybridized carbons (Fsp3) is 0.200. The van der Waals surface area contributed by atoms with Crippen molar-refractivity contribution < 1.29 is 4.74 Å². The van der Waals surface area contributed by atoms with Gasteiger partial charge < -0.3 is 10.5 Å². The summed E-state index contributed by atoms with van der Waals surface area (Å²) in [5, 5.41) is 10.6. The van der Waals surface area contributed by atoms with E-state index in [-0.39, 0.29) is 0 Å². The summed E-state index contributed by atoms with van der Waals surface area (Å²) in [5.74, 6) is 0.816. The highest BCUT2D eigenvalue weighted by Crippen LogP contribution is 2.21. The number of nitrogens with two attached hydrogens (primary N) is 1. The largest absolute Gasteiger partial charge is 0.497 e. The Morgan fingerprint density at radius 3 is 2.60 bits per heavy atom. The maximum absolute atomic E-state index is 5.54. The van der Waals surface area contributed by atoms with Crippen LogP contribution in [-0.2, 0) is 6.54 Å². The van der Waals surface area contributed by atoms with Gasteiger partial charge in [0.05, 0.1) is 7.11 Å². The molecule has 0 aliphatic rings. The molecule has 0 unspecified atom stereocenters. The average molecular weight is 204 g/mol. The van der Waals surface area contributed by atoms with Crippen LogP contribution in [0.2, 0.25) is 0 Å². The first kappa shape index (κ1) is 9.67. The van der Waals surface area contributed by atoms with Crippen LogP contribution in [-0.4, -0.2) is 22.5 Å². The Hall–Kier alpha value is -1.88. The zero-order chi connectivity index (χ0) is 10.7. The third kappa shape index (κ3) is 1.82. The number of H-pyrrole nitrogens is 1. The van der Waals surface area contributed by atoms with Gasteiger partial charge in [-0.1, -0.05) is 0 Å². The average Bonchev–Trinajstić information content (AvgIpc) is 2.77. The highest BCUT2D eigenvalue weighted by Gasteiger charge is 2.08. The van der Waals surface area contributed by atoms with Gasteiger partial charge in [0, 0.05) is 12.1 Å². The van der Waals surface area contributed by atoms with E-state index >= 15 is 0 Å². The van der Waals surface area contributed by atoms with Gasteiger partial charge in [0.2, 0.25) is 0 Å². The van der Waals surface area contributed by atoms with Crippen LogP contribution in [0.1, 0.15) is 5.69 Å². The van der Waals surface area contributed by atoms with Gasteiger partial charge in [-0.25, -0.2) is 0 Å². The Kier molecular flexibility index (Phi) is 2.64. The highest BCUT2D eigenvalue weighted by molar-refractivity contribution is 5.61. The smallest absolute Gasteiger partial charge is 0.118 e. The first-order valence-corrected chi connectivity index (χ1v) is 4.59. The zero-order valence-corrected chi connectivity index (χ0v) is 8.40. The van der Waals surface area contributed by atoms with Crippen molar-refractivity contribution in [2.24, 2.45) is 5.73 Å². The monoisotopic (exact) mass is 204 g/mol. The summed E-state index contributed by atoms with van der Waals surface area (Å²) in [7, 11) is 1.64. The van der Waals surface area contributed by atoms with Crippen LogP contribution in [0.3, 0.4) is 0 Å². The van der Waals surface area contributed by atoms with Crippen LogP contribution in [0.25, 0.3) is 11.3 Å². The second-order valence-electron chi connectivity index (χ2n) is 3.05. The molecule has 2 aromatic rings. The minimum atomic E-state index is 0.373. The number of methoxy groups -OCH3 is 1. The van der Waals surface area contributed by atoms with E-state index in [1.165, 1.54) is 0 Å². The Bertz CT molecular complexity index is 435. The molecular weight excluding hydrogens is 192 g/mol. The third-order valence-corrected chi connectivity index (χ3v) is 2.18. The van der Waals surface area contributed by atoms with Gasteiger partial charge in [0.25, 0.3) is 0 Å². The second-order valence-corrected chi connectivity index (χ2v) is 3.05. The van der Waals surface area contributed by atoms with Crippen LogP contribution in [0.4, 0.5) is 0 Å². The van der Waals surface area contributed by atoms with Crippen molar-refractivity contribution in [1.82, 2.24) is 15.4 Å². The minimum absolute atomic E-state index is 0.373. The predicted molar refractivity (Wildman–Crippen MR) is 56.3 cm³/mol. The van der Waals surface area contributed by atoms with Gasteiger partial charge in [0.15, 0.2) is 0 Å². The molecule has 78 valence electrons. The summed E-state index contributed by atoms with van der Waals surface area (Å²) in [4.78, 5) is 0. The summed E-state index contributed by atoms with van der Waals surface area (Å²) < 4.78 is 5.07. The van der Waals surface area contributed by atoms with Gasteiger partial charge in [-0.15, -0.1) is 0 Å². The molecule has 0 aliphatic heterocycles. The molecule has 0 saturated heterocycles. The van der Waals surface area contributed by atoms with Crippen LogP contribution in [0.15, 0.2) is 24.3 Å². The lowest BCUT2D eigenvalue weighted by Crippen LogP contribution is -1.98. The van der Waals surface area contributed by atoms with E-state index < -0.39 is 0 Å². The van der Waals surface area contributed by atoms with E-state index in [9.17, 15) is 0 Å².